The highest BCUT2D eigenvalue weighted by Crippen LogP contribution is 2.40. The van der Waals surface area contributed by atoms with Gasteiger partial charge in [0.05, 0.1) is 15.6 Å². The first-order valence-corrected chi connectivity index (χ1v) is 6.43. The Morgan fingerprint density at radius 3 is 1.95 bits per heavy atom. The summed E-state index contributed by atoms with van der Waals surface area (Å²) >= 11 is 17.5. The lowest BCUT2D eigenvalue weighted by atomic mass is 10.1. The summed E-state index contributed by atoms with van der Waals surface area (Å²) in [6.45, 7) is 0. The monoisotopic (exact) mass is 357 g/mol. The van der Waals surface area contributed by atoms with Crippen molar-refractivity contribution in [3.8, 4) is 16.9 Å². The van der Waals surface area contributed by atoms with Crippen molar-refractivity contribution < 1.29 is 18.3 Å². The molecule has 0 fully saturated rings. The minimum Gasteiger partial charge on any atom is -0.507 e. The number of halogens is 6. The van der Waals surface area contributed by atoms with E-state index in [2.05, 4.69) is 0 Å². The molecule has 112 valence electrons. The van der Waals surface area contributed by atoms with E-state index in [4.69, 9.17) is 34.8 Å². The Morgan fingerprint density at radius 1 is 1.00 bits per heavy atom. The van der Waals surface area contributed by atoms with E-state index >= 15 is 0 Å². The smallest absolute Gasteiger partial charge is 0.431 e. The SMILES string of the molecule is O=c1[nH]c(C(F)(F)F)cc(O)c1-c1c(Cl)cc(Cl)cc1Cl. The maximum Gasteiger partial charge on any atom is 0.431 e. The summed E-state index contributed by atoms with van der Waals surface area (Å²) in [7, 11) is 0. The number of aromatic amines is 1. The van der Waals surface area contributed by atoms with Crippen LogP contribution in [0.15, 0.2) is 23.0 Å². The first-order valence-electron chi connectivity index (χ1n) is 5.29. The first kappa shape index (κ1) is 16.0. The van der Waals surface area contributed by atoms with Gasteiger partial charge in [-0.15, -0.1) is 0 Å². The van der Waals surface area contributed by atoms with Gasteiger partial charge in [0.15, 0.2) is 0 Å². The van der Waals surface area contributed by atoms with Crippen LogP contribution in [0.1, 0.15) is 5.69 Å². The highest BCUT2D eigenvalue weighted by atomic mass is 35.5. The van der Waals surface area contributed by atoms with Crippen molar-refractivity contribution in [3.05, 3.63) is 49.3 Å². The van der Waals surface area contributed by atoms with E-state index in [1.807, 2.05) is 0 Å². The average Bonchev–Trinajstić information content (AvgIpc) is 2.29. The molecule has 9 heteroatoms. The topological polar surface area (TPSA) is 53.1 Å². The second-order valence-corrected chi connectivity index (χ2v) is 5.27. The van der Waals surface area contributed by atoms with Gasteiger partial charge in [0.2, 0.25) is 0 Å². The molecule has 0 amide bonds. The molecule has 0 saturated heterocycles. The van der Waals surface area contributed by atoms with Gasteiger partial charge < -0.3 is 10.1 Å². The summed E-state index contributed by atoms with van der Waals surface area (Å²) in [6.07, 6.45) is -4.80. The molecule has 2 rings (SSSR count). The van der Waals surface area contributed by atoms with E-state index in [9.17, 15) is 23.1 Å². The fraction of sp³-hybridized carbons (Fsp3) is 0.0833. The van der Waals surface area contributed by atoms with Crippen molar-refractivity contribution in [1.82, 2.24) is 4.98 Å². The second-order valence-electron chi connectivity index (χ2n) is 4.01. The van der Waals surface area contributed by atoms with Crippen molar-refractivity contribution in [2.45, 2.75) is 6.18 Å². The third kappa shape index (κ3) is 3.12. The van der Waals surface area contributed by atoms with Gasteiger partial charge in [0.1, 0.15) is 11.4 Å². The Bertz CT molecular complexity index is 748. The predicted molar refractivity (Wildman–Crippen MR) is 74.2 cm³/mol. The third-order valence-corrected chi connectivity index (χ3v) is 3.39. The molecule has 0 aliphatic heterocycles. The summed E-state index contributed by atoms with van der Waals surface area (Å²) in [4.78, 5) is 13.5. The molecule has 21 heavy (non-hydrogen) atoms. The predicted octanol–water partition coefficient (Wildman–Crippen LogP) is 4.73. The summed E-state index contributed by atoms with van der Waals surface area (Å²) < 4.78 is 37.6. The van der Waals surface area contributed by atoms with E-state index in [-0.39, 0.29) is 20.6 Å². The quantitative estimate of drug-likeness (QED) is 0.774. The van der Waals surface area contributed by atoms with Crippen LogP contribution in [0.5, 0.6) is 5.75 Å². The van der Waals surface area contributed by atoms with E-state index < -0.39 is 28.7 Å². The number of pyridine rings is 1. The number of hydrogen-bond donors (Lipinski definition) is 2. The molecule has 0 radical (unpaired) electrons. The van der Waals surface area contributed by atoms with E-state index in [1.165, 1.54) is 12.1 Å². The minimum atomic E-state index is -4.80. The van der Waals surface area contributed by atoms with Crippen LogP contribution in [0, 0.1) is 0 Å². The van der Waals surface area contributed by atoms with Crippen LogP contribution in [-0.4, -0.2) is 10.1 Å². The summed E-state index contributed by atoms with van der Waals surface area (Å²) in [5.74, 6) is -0.891. The summed E-state index contributed by atoms with van der Waals surface area (Å²) in [5, 5.41) is 9.76. The number of nitrogens with one attached hydrogen (secondary N) is 1. The summed E-state index contributed by atoms with van der Waals surface area (Å²) in [6, 6.07) is 2.89. The van der Waals surface area contributed by atoms with Gasteiger partial charge in [0.25, 0.3) is 5.56 Å². The zero-order valence-corrected chi connectivity index (χ0v) is 12.1. The van der Waals surface area contributed by atoms with Crippen LogP contribution >= 0.6 is 34.8 Å². The molecule has 2 aromatic rings. The Labute approximate surface area is 130 Å². The van der Waals surface area contributed by atoms with Crippen molar-refractivity contribution in [2.24, 2.45) is 0 Å². The van der Waals surface area contributed by atoms with E-state index in [0.29, 0.717) is 6.07 Å². The van der Waals surface area contributed by atoms with Gasteiger partial charge in [-0.1, -0.05) is 34.8 Å². The average molecular weight is 359 g/mol. The van der Waals surface area contributed by atoms with Gasteiger partial charge in [-0.25, -0.2) is 0 Å². The molecule has 0 unspecified atom stereocenters. The number of aromatic nitrogens is 1. The number of rotatable bonds is 1. The van der Waals surface area contributed by atoms with Gasteiger partial charge in [-0.05, 0) is 12.1 Å². The van der Waals surface area contributed by atoms with Crippen molar-refractivity contribution in [3.63, 3.8) is 0 Å². The molecule has 2 N–H and O–H groups in total. The number of aromatic hydroxyl groups is 1. The van der Waals surface area contributed by atoms with Crippen LogP contribution in [0.4, 0.5) is 13.2 Å². The van der Waals surface area contributed by atoms with E-state index in [1.54, 1.807) is 4.98 Å². The zero-order chi connectivity index (χ0) is 15.9. The minimum absolute atomic E-state index is 0.0759. The standard InChI is InChI=1S/C12H5Cl3F3NO2/c13-4-1-5(14)9(6(15)2-4)10-7(20)3-8(12(16,17)18)19-11(10)21/h1-3H,(H2,19,20,21). The maximum atomic E-state index is 12.5. The summed E-state index contributed by atoms with van der Waals surface area (Å²) in [5.41, 5.74) is -3.12. The molecule has 3 nitrogen and oxygen atoms in total. The van der Waals surface area contributed by atoms with Crippen LogP contribution in [0.3, 0.4) is 0 Å². The molecule has 1 aromatic carbocycles. The van der Waals surface area contributed by atoms with Crippen LogP contribution in [-0.2, 0) is 6.18 Å². The largest absolute Gasteiger partial charge is 0.507 e. The fourth-order valence-corrected chi connectivity index (χ4v) is 2.73. The van der Waals surface area contributed by atoms with Crippen molar-refractivity contribution >= 4 is 34.8 Å². The molecule has 0 atom stereocenters. The number of H-pyrrole nitrogens is 1. The van der Waals surface area contributed by atoms with Crippen LogP contribution in [0.25, 0.3) is 11.1 Å². The lowest BCUT2D eigenvalue weighted by Gasteiger charge is -2.12. The highest BCUT2D eigenvalue weighted by Gasteiger charge is 2.33. The maximum absolute atomic E-state index is 12.5. The molecule has 0 spiro atoms. The lowest BCUT2D eigenvalue weighted by Crippen LogP contribution is -2.18. The molecular formula is C12H5Cl3F3NO2. The Hall–Kier alpha value is -1.37. The number of alkyl halides is 3. The molecule has 0 bridgehead atoms. The molecule has 1 heterocycles. The highest BCUT2D eigenvalue weighted by molar-refractivity contribution is 6.41. The van der Waals surface area contributed by atoms with E-state index in [0.717, 1.165) is 0 Å². The normalized spacial score (nSPS) is 11.7. The Kier molecular flexibility index (Phi) is 4.15. The number of hydrogen-bond acceptors (Lipinski definition) is 2. The Balaban J connectivity index is 2.76. The van der Waals surface area contributed by atoms with Crippen molar-refractivity contribution in [2.75, 3.05) is 0 Å². The molecular weight excluding hydrogens is 353 g/mol. The van der Waals surface area contributed by atoms with Gasteiger partial charge in [-0.3, -0.25) is 4.79 Å². The first-order chi connectivity index (χ1) is 9.61. The molecule has 0 aliphatic carbocycles. The zero-order valence-electron chi connectivity index (χ0n) is 9.86. The number of benzene rings is 1. The fourth-order valence-electron chi connectivity index (χ4n) is 1.72. The van der Waals surface area contributed by atoms with Crippen molar-refractivity contribution in [1.29, 1.82) is 0 Å². The van der Waals surface area contributed by atoms with Crippen LogP contribution in [0.2, 0.25) is 15.1 Å². The lowest BCUT2D eigenvalue weighted by molar-refractivity contribution is -0.141. The third-order valence-electron chi connectivity index (χ3n) is 2.57. The van der Waals surface area contributed by atoms with Gasteiger partial charge in [-0.2, -0.15) is 13.2 Å². The molecule has 0 aliphatic rings. The Morgan fingerprint density at radius 2 is 1.52 bits per heavy atom. The van der Waals surface area contributed by atoms with Gasteiger partial charge in [0, 0.05) is 16.7 Å². The van der Waals surface area contributed by atoms with Crippen LogP contribution < -0.4 is 5.56 Å². The van der Waals surface area contributed by atoms with Gasteiger partial charge >= 0.3 is 6.18 Å². The molecule has 0 saturated carbocycles. The molecule has 1 aromatic heterocycles. The second kappa shape index (κ2) is 5.44.